The highest BCUT2D eigenvalue weighted by molar-refractivity contribution is 7.85. The van der Waals surface area contributed by atoms with Crippen LogP contribution in [0.3, 0.4) is 0 Å². The molecular weight excluding hydrogens is 284 g/mol. The van der Waals surface area contributed by atoms with Gasteiger partial charge < -0.3 is 0 Å². The van der Waals surface area contributed by atoms with E-state index in [2.05, 4.69) is 32.9 Å². The van der Waals surface area contributed by atoms with Crippen LogP contribution < -0.4 is 0 Å². The Bertz CT molecular complexity index is 723. The van der Waals surface area contributed by atoms with Crippen LogP contribution in [-0.2, 0) is 22.0 Å². The van der Waals surface area contributed by atoms with Gasteiger partial charge in [0.1, 0.15) is 0 Å². The normalized spacial score (nSPS) is 12.4. The SMILES string of the molecule is CC(C)(C)c1ccc(Cc2ccccc2S(=O)(=O)O)cc1. The van der Waals surface area contributed by atoms with Crippen LogP contribution in [0.5, 0.6) is 0 Å². The molecule has 0 unspecified atom stereocenters. The van der Waals surface area contributed by atoms with Crippen molar-refractivity contribution in [2.45, 2.75) is 37.5 Å². The topological polar surface area (TPSA) is 54.4 Å². The summed E-state index contributed by atoms with van der Waals surface area (Å²) in [5.41, 5.74) is 2.93. The van der Waals surface area contributed by atoms with Crippen molar-refractivity contribution in [2.75, 3.05) is 0 Å². The van der Waals surface area contributed by atoms with Crippen LogP contribution in [-0.4, -0.2) is 13.0 Å². The van der Waals surface area contributed by atoms with Crippen LogP contribution in [0.25, 0.3) is 0 Å². The van der Waals surface area contributed by atoms with E-state index in [9.17, 15) is 13.0 Å². The van der Waals surface area contributed by atoms with Gasteiger partial charge in [-0.05, 0) is 34.6 Å². The molecule has 2 aromatic rings. The van der Waals surface area contributed by atoms with Gasteiger partial charge in [-0.15, -0.1) is 0 Å². The third-order valence-corrected chi connectivity index (χ3v) is 4.42. The lowest BCUT2D eigenvalue weighted by molar-refractivity contribution is 0.482. The first-order chi connectivity index (χ1) is 9.68. The van der Waals surface area contributed by atoms with Crippen molar-refractivity contribution in [3.63, 3.8) is 0 Å². The van der Waals surface area contributed by atoms with E-state index in [-0.39, 0.29) is 10.3 Å². The molecule has 0 aromatic heterocycles. The van der Waals surface area contributed by atoms with E-state index >= 15 is 0 Å². The Kier molecular flexibility index (Phi) is 4.21. The molecule has 0 aliphatic carbocycles. The Labute approximate surface area is 126 Å². The molecule has 0 fully saturated rings. The third kappa shape index (κ3) is 3.93. The molecule has 2 rings (SSSR count). The summed E-state index contributed by atoms with van der Waals surface area (Å²) >= 11 is 0. The first kappa shape index (κ1) is 15.7. The monoisotopic (exact) mass is 304 g/mol. The molecule has 0 spiro atoms. The van der Waals surface area contributed by atoms with Crippen LogP contribution >= 0.6 is 0 Å². The zero-order valence-electron chi connectivity index (χ0n) is 12.5. The summed E-state index contributed by atoms with van der Waals surface area (Å²) < 4.78 is 32.0. The van der Waals surface area contributed by atoms with E-state index in [1.165, 1.54) is 11.6 Å². The van der Waals surface area contributed by atoms with Gasteiger partial charge in [0.25, 0.3) is 10.1 Å². The van der Waals surface area contributed by atoms with E-state index in [1.807, 2.05) is 12.1 Å². The summed E-state index contributed by atoms with van der Waals surface area (Å²) in [6, 6.07) is 14.7. The summed E-state index contributed by atoms with van der Waals surface area (Å²) in [4.78, 5) is -0.0232. The van der Waals surface area contributed by atoms with Gasteiger partial charge in [-0.3, -0.25) is 4.55 Å². The Morgan fingerprint density at radius 1 is 0.952 bits per heavy atom. The van der Waals surface area contributed by atoms with Crippen molar-refractivity contribution in [2.24, 2.45) is 0 Å². The second kappa shape index (κ2) is 5.62. The molecule has 0 radical (unpaired) electrons. The maximum Gasteiger partial charge on any atom is 0.294 e. The molecule has 21 heavy (non-hydrogen) atoms. The van der Waals surface area contributed by atoms with Crippen molar-refractivity contribution < 1.29 is 13.0 Å². The Morgan fingerprint density at radius 2 is 1.52 bits per heavy atom. The minimum Gasteiger partial charge on any atom is -0.282 e. The molecule has 0 bridgehead atoms. The predicted octanol–water partition coefficient (Wildman–Crippen LogP) is 3.82. The van der Waals surface area contributed by atoms with E-state index in [0.29, 0.717) is 12.0 Å². The summed E-state index contributed by atoms with van der Waals surface area (Å²) in [6.07, 6.45) is 0.473. The average Bonchev–Trinajstić information content (AvgIpc) is 2.37. The van der Waals surface area contributed by atoms with Crippen LogP contribution in [0.15, 0.2) is 53.4 Å². The van der Waals surface area contributed by atoms with Crippen molar-refractivity contribution in [3.05, 3.63) is 65.2 Å². The fourth-order valence-corrected chi connectivity index (χ4v) is 2.97. The molecule has 0 heterocycles. The van der Waals surface area contributed by atoms with Gasteiger partial charge in [-0.1, -0.05) is 63.2 Å². The average molecular weight is 304 g/mol. The second-order valence-electron chi connectivity index (χ2n) is 6.21. The molecular formula is C17H20O3S. The number of benzene rings is 2. The number of hydrogen-bond acceptors (Lipinski definition) is 2. The van der Waals surface area contributed by atoms with E-state index in [1.54, 1.807) is 18.2 Å². The lowest BCUT2D eigenvalue weighted by atomic mass is 9.86. The minimum atomic E-state index is -4.18. The lowest BCUT2D eigenvalue weighted by Crippen LogP contribution is -2.10. The van der Waals surface area contributed by atoms with Crippen LogP contribution in [0.1, 0.15) is 37.5 Å². The highest BCUT2D eigenvalue weighted by atomic mass is 32.2. The highest BCUT2D eigenvalue weighted by Gasteiger charge is 2.16. The first-order valence-electron chi connectivity index (χ1n) is 6.83. The molecule has 0 atom stereocenters. The molecule has 3 nitrogen and oxygen atoms in total. The summed E-state index contributed by atoms with van der Waals surface area (Å²) in [7, 11) is -4.18. The van der Waals surface area contributed by atoms with Gasteiger partial charge in [0.05, 0.1) is 4.90 Å². The zero-order chi connectivity index (χ0) is 15.7. The van der Waals surface area contributed by atoms with Gasteiger partial charge in [-0.2, -0.15) is 8.42 Å². The summed E-state index contributed by atoms with van der Waals surface area (Å²) in [6.45, 7) is 6.45. The largest absolute Gasteiger partial charge is 0.294 e. The maximum absolute atomic E-state index is 11.4. The van der Waals surface area contributed by atoms with Crippen molar-refractivity contribution in [3.8, 4) is 0 Å². The molecule has 1 N–H and O–H groups in total. The molecule has 0 saturated carbocycles. The van der Waals surface area contributed by atoms with E-state index in [4.69, 9.17) is 0 Å². The summed E-state index contributed by atoms with van der Waals surface area (Å²) in [5, 5.41) is 0. The minimum absolute atomic E-state index is 0.0232. The highest BCUT2D eigenvalue weighted by Crippen LogP contribution is 2.24. The van der Waals surface area contributed by atoms with Gasteiger partial charge in [-0.25, -0.2) is 0 Å². The van der Waals surface area contributed by atoms with E-state index < -0.39 is 10.1 Å². The first-order valence-corrected chi connectivity index (χ1v) is 8.27. The van der Waals surface area contributed by atoms with E-state index in [0.717, 1.165) is 5.56 Å². The van der Waals surface area contributed by atoms with Crippen LogP contribution in [0, 0.1) is 0 Å². The van der Waals surface area contributed by atoms with Crippen molar-refractivity contribution in [1.29, 1.82) is 0 Å². The van der Waals surface area contributed by atoms with Gasteiger partial charge in [0, 0.05) is 0 Å². The Balaban J connectivity index is 2.32. The molecule has 0 aliphatic rings. The maximum atomic E-state index is 11.4. The van der Waals surface area contributed by atoms with Gasteiger partial charge >= 0.3 is 0 Å². The van der Waals surface area contributed by atoms with Gasteiger partial charge in [0.15, 0.2) is 0 Å². The summed E-state index contributed by atoms with van der Waals surface area (Å²) in [5.74, 6) is 0. The third-order valence-electron chi connectivity index (χ3n) is 3.47. The quantitative estimate of drug-likeness (QED) is 0.877. The Hall–Kier alpha value is -1.65. The second-order valence-corrected chi connectivity index (χ2v) is 7.60. The lowest BCUT2D eigenvalue weighted by Gasteiger charge is -2.19. The van der Waals surface area contributed by atoms with Gasteiger partial charge in [0.2, 0.25) is 0 Å². The molecule has 0 amide bonds. The molecule has 4 heteroatoms. The zero-order valence-corrected chi connectivity index (χ0v) is 13.3. The van der Waals surface area contributed by atoms with Crippen LogP contribution in [0.4, 0.5) is 0 Å². The molecule has 112 valence electrons. The van der Waals surface area contributed by atoms with Crippen LogP contribution in [0.2, 0.25) is 0 Å². The Morgan fingerprint density at radius 3 is 2.05 bits per heavy atom. The van der Waals surface area contributed by atoms with Crippen molar-refractivity contribution >= 4 is 10.1 Å². The number of hydrogen-bond donors (Lipinski definition) is 1. The molecule has 0 saturated heterocycles. The predicted molar refractivity (Wildman–Crippen MR) is 84.2 cm³/mol. The standard InChI is InChI=1S/C17H20O3S/c1-17(2,3)15-10-8-13(9-11-15)12-14-6-4-5-7-16(14)21(18,19)20/h4-11H,12H2,1-3H3,(H,18,19,20). The molecule has 2 aromatic carbocycles. The fourth-order valence-electron chi connectivity index (χ4n) is 2.24. The fraction of sp³-hybridized carbons (Fsp3) is 0.294. The number of rotatable bonds is 3. The smallest absolute Gasteiger partial charge is 0.282 e. The van der Waals surface area contributed by atoms with Crippen molar-refractivity contribution in [1.82, 2.24) is 0 Å². The molecule has 0 aliphatic heterocycles.